The Morgan fingerprint density at radius 3 is 2.15 bits per heavy atom. The molecule has 0 spiro atoms. The van der Waals surface area contributed by atoms with E-state index in [1.165, 1.54) is 38.5 Å². The Morgan fingerprint density at radius 2 is 1.59 bits per heavy atom. The van der Waals surface area contributed by atoms with E-state index in [0.29, 0.717) is 16.6 Å². The molecule has 0 unspecified atom stereocenters. The number of rotatable bonds is 5. The standard InChI is InChI=1S/C21H29N3O2S/c1-15-12-16(2)21(17(3)13-15)27(25,26)24-19-10-11-20(22-14-19)23-18-8-6-4-5-7-9-18/h10-14,18,24H,4-9H2,1-3H3,(H,22,23). The number of pyridine rings is 1. The van der Waals surface area contributed by atoms with E-state index in [9.17, 15) is 8.42 Å². The molecule has 0 aliphatic heterocycles. The molecule has 5 nitrogen and oxygen atoms in total. The van der Waals surface area contributed by atoms with E-state index in [1.54, 1.807) is 12.3 Å². The molecule has 1 aromatic carbocycles. The first kappa shape index (κ1) is 19.7. The highest BCUT2D eigenvalue weighted by molar-refractivity contribution is 7.92. The number of benzene rings is 1. The van der Waals surface area contributed by atoms with E-state index < -0.39 is 10.0 Å². The summed E-state index contributed by atoms with van der Waals surface area (Å²) in [6.45, 7) is 5.62. The van der Waals surface area contributed by atoms with Crippen LogP contribution in [0.4, 0.5) is 11.5 Å². The Morgan fingerprint density at radius 1 is 0.963 bits per heavy atom. The monoisotopic (exact) mass is 387 g/mol. The van der Waals surface area contributed by atoms with Crippen molar-refractivity contribution in [2.75, 3.05) is 10.0 Å². The van der Waals surface area contributed by atoms with Gasteiger partial charge >= 0.3 is 0 Å². The van der Waals surface area contributed by atoms with Crippen LogP contribution in [0, 0.1) is 20.8 Å². The van der Waals surface area contributed by atoms with Crippen LogP contribution in [0.25, 0.3) is 0 Å². The molecule has 1 aliphatic carbocycles. The molecule has 1 saturated carbocycles. The molecular weight excluding hydrogens is 358 g/mol. The number of sulfonamides is 1. The SMILES string of the molecule is Cc1cc(C)c(S(=O)(=O)Nc2ccc(NC3CCCCCC3)nc2)c(C)c1. The Hall–Kier alpha value is -2.08. The van der Waals surface area contributed by atoms with Crippen molar-refractivity contribution in [3.05, 3.63) is 47.2 Å². The summed E-state index contributed by atoms with van der Waals surface area (Å²) in [6, 6.07) is 7.85. The minimum Gasteiger partial charge on any atom is -0.367 e. The lowest BCUT2D eigenvalue weighted by Gasteiger charge is -2.17. The lowest BCUT2D eigenvalue weighted by atomic mass is 10.1. The predicted octanol–water partition coefficient (Wildman–Crippen LogP) is 4.94. The second-order valence-corrected chi connectivity index (χ2v) is 9.22. The van der Waals surface area contributed by atoms with E-state index in [-0.39, 0.29) is 0 Å². The van der Waals surface area contributed by atoms with Gasteiger partial charge in [-0.15, -0.1) is 0 Å². The van der Waals surface area contributed by atoms with Crippen LogP contribution in [-0.2, 0) is 10.0 Å². The average Bonchev–Trinajstić information content (AvgIpc) is 2.84. The van der Waals surface area contributed by atoms with Gasteiger partial charge in [0.15, 0.2) is 0 Å². The van der Waals surface area contributed by atoms with Crippen LogP contribution < -0.4 is 10.0 Å². The largest absolute Gasteiger partial charge is 0.367 e. The van der Waals surface area contributed by atoms with Crippen molar-refractivity contribution < 1.29 is 8.42 Å². The first-order valence-electron chi connectivity index (χ1n) is 9.68. The zero-order chi connectivity index (χ0) is 19.4. The van der Waals surface area contributed by atoms with Gasteiger partial charge in [-0.25, -0.2) is 13.4 Å². The molecule has 1 heterocycles. The molecule has 2 N–H and O–H groups in total. The maximum absolute atomic E-state index is 12.8. The first-order valence-corrected chi connectivity index (χ1v) is 11.2. The van der Waals surface area contributed by atoms with Crippen molar-refractivity contribution in [3.63, 3.8) is 0 Å². The molecule has 0 radical (unpaired) electrons. The molecule has 27 heavy (non-hydrogen) atoms. The fourth-order valence-electron chi connectivity index (χ4n) is 3.97. The number of nitrogens with zero attached hydrogens (tertiary/aromatic N) is 1. The van der Waals surface area contributed by atoms with Crippen molar-refractivity contribution in [2.24, 2.45) is 0 Å². The summed E-state index contributed by atoms with van der Waals surface area (Å²) in [4.78, 5) is 4.74. The summed E-state index contributed by atoms with van der Waals surface area (Å²) in [5.74, 6) is 0.799. The summed E-state index contributed by atoms with van der Waals surface area (Å²) < 4.78 is 28.3. The van der Waals surface area contributed by atoms with Gasteiger partial charge in [0, 0.05) is 6.04 Å². The summed E-state index contributed by atoms with van der Waals surface area (Å²) in [7, 11) is -3.65. The molecule has 3 rings (SSSR count). The normalized spacial score (nSPS) is 16.0. The lowest BCUT2D eigenvalue weighted by molar-refractivity contribution is 0.600. The van der Waals surface area contributed by atoms with Gasteiger partial charge in [-0.05, 0) is 56.9 Å². The molecule has 0 amide bonds. The molecule has 2 aromatic rings. The van der Waals surface area contributed by atoms with Crippen LogP contribution in [0.3, 0.4) is 0 Å². The van der Waals surface area contributed by atoms with Crippen molar-refractivity contribution in [3.8, 4) is 0 Å². The van der Waals surface area contributed by atoms with Crippen LogP contribution in [0.5, 0.6) is 0 Å². The van der Waals surface area contributed by atoms with Crippen LogP contribution in [0.2, 0.25) is 0 Å². The Kier molecular flexibility index (Phi) is 6.05. The van der Waals surface area contributed by atoms with E-state index >= 15 is 0 Å². The minimum absolute atomic E-state index is 0.341. The molecule has 1 fully saturated rings. The summed E-state index contributed by atoms with van der Waals surface area (Å²) >= 11 is 0. The third kappa shape index (κ3) is 5.01. The molecular formula is C21H29N3O2S. The van der Waals surface area contributed by atoms with Gasteiger partial charge in [0.05, 0.1) is 16.8 Å². The van der Waals surface area contributed by atoms with Gasteiger partial charge in [-0.2, -0.15) is 0 Å². The van der Waals surface area contributed by atoms with E-state index in [1.807, 2.05) is 39.0 Å². The van der Waals surface area contributed by atoms with Gasteiger partial charge in [-0.3, -0.25) is 4.72 Å². The lowest BCUT2D eigenvalue weighted by Crippen LogP contribution is -2.19. The topological polar surface area (TPSA) is 71.1 Å². The Balaban J connectivity index is 1.72. The summed E-state index contributed by atoms with van der Waals surface area (Å²) in [5, 5.41) is 3.48. The third-order valence-corrected chi connectivity index (χ3v) is 6.78. The fourth-order valence-corrected chi connectivity index (χ4v) is 5.47. The molecule has 1 aromatic heterocycles. The zero-order valence-electron chi connectivity index (χ0n) is 16.4. The third-order valence-electron chi connectivity index (χ3n) is 5.10. The Bertz CT molecular complexity index is 861. The molecule has 0 atom stereocenters. The van der Waals surface area contributed by atoms with Crippen LogP contribution in [0.1, 0.15) is 55.2 Å². The van der Waals surface area contributed by atoms with E-state index in [2.05, 4.69) is 15.0 Å². The van der Waals surface area contributed by atoms with Crippen molar-refractivity contribution in [2.45, 2.75) is 70.2 Å². The molecule has 6 heteroatoms. The van der Waals surface area contributed by atoms with Crippen LogP contribution >= 0.6 is 0 Å². The highest BCUT2D eigenvalue weighted by Crippen LogP contribution is 2.25. The second-order valence-electron chi connectivity index (χ2n) is 7.60. The van der Waals surface area contributed by atoms with Gasteiger partial charge in [0.1, 0.15) is 5.82 Å². The second kappa shape index (κ2) is 8.30. The van der Waals surface area contributed by atoms with Gasteiger partial charge < -0.3 is 5.32 Å². The number of anilines is 2. The maximum Gasteiger partial charge on any atom is 0.262 e. The van der Waals surface area contributed by atoms with Gasteiger partial charge in [0.2, 0.25) is 0 Å². The molecule has 0 bridgehead atoms. The van der Waals surface area contributed by atoms with Crippen LogP contribution in [-0.4, -0.2) is 19.4 Å². The van der Waals surface area contributed by atoms with Crippen molar-refractivity contribution in [1.29, 1.82) is 0 Å². The quantitative estimate of drug-likeness (QED) is 0.713. The highest BCUT2D eigenvalue weighted by Gasteiger charge is 2.20. The van der Waals surface area contributed by atoms with E-state index in [4.69, 9.17) is 0 Å². The first-order chi connectivity index (χ1) is 12.8. The summed E-state index contributed by atoms with van der Waals surface area (Å²) in [5.41, 5.74) is 3.03. The summed E-state index contributed by atoms with van der Waals surface area (Å²) in [6.07, 6.45) is 9.05. The minimum atomic E-state index is -3.65. The highest BCUT2D eigenvalue weighted by atomic mass is 32.2. The van der Waals surface area contributed by atoms with Gasteiger partial charge in [-0.1, -0.05) is 43.4 Å². The van der Waals surface area contributed by atoms with Crippen LogP contribution in [0.15, 0.2) is 35.4 Å². The maximum atomic E-state index is 12.8. The van der Waals surface area contributed by atoms with Crippen molar-refractivity contribution >= 4 is 21.5 Å². The van der Waals surface area contributed by atoms with E-state index in [0.717, 1.165) is 22.5 Å². The van der Waals surface area contributed by atoms with Crippen molar-refractivity contribution in [1.82, 2.24) is 4.98 Å². The Labute approximate surface area is 162 Å². The fraction of sp³-hybridized carbons (Fsp3) is 0.476. The smallest absolute Gasteiger partial charge is 0.262 e. The number of nitrogens with one attached hydrogen (secondary N) is 2. The molecule has 1 aliphatic rings. The predicted molar refractivity (Wildman–Crippen MR) is 111 cm³/mol. The number of hydrogen-bond donors (Lipinski definition) is 2. The average molecular weight is 388 g/mol. The number of hydrogen-bond acceptors (Lipinski definition) is 4. The molecule has 0 saturated heterocycles. The molecule has 146 valence electrons. The number of aromatic nitrogens is 1. The number of aryl methyl sites for hydroxylation is 3. The zero-order valence-corrected chi connectivity index (χ0v) is 17.2. The van der Waals surface area contributed by atoms with Gasteiger partial charge in [0.25, 0.3) is 10.0 Å².